The van der Waals surface area contributed by atoms with Crippen LogP contribution in [0, 0.1) is 6.92 Å². The Morgan fingerprint density at radius 2 is 1.90 bits per heavy atom. The molecule has 7 nitrogen and oxygen atoms in total. The highest BCUT2D eigenvalue weighted by molar-refractivity contribution is 14.0. The average molecular weight is 548 g/mol. The maximum Gasteiger partial charge on any atom is 0.191 e. The quantitative estimate of drug-likeness (QED) is 0.192. The first-order valence-electron chi connectivity index (χ1n) is 11.2. The van der Waals surface area contributed by atoms with Gasteiger partial charge in [-0.05, 0) is 39.4 Å². The van der Waals surface area contributed by atoms with E-state index in [1.54, 1.807) is 7.11 Å². The number of benzene rings is 1. The van der Waals surface area contributed by atoms with Gasteiger partial charge in [-0.1, -0.05) is 12.1 Å². The van der Waals surface area contributed by atoms with Crippen molar-refractivity contribution in [2.24, 2.45) is 4.99 Å². The lowest BCUT2D eigenvalue weighted by atomic mass is 10.1. The topological polar surface area (TPSA) is 61.4 Å². The molecule has 178 valence electrons. The Balaban J connectivity index is 0.00000480. The third kappa shape index (κ3) is 10.4. The second-order valence-corrected chi connectivity index (χ2v) is 8.07. The molecule has 0 radical (unpaired) electrons. The summed E-state index contributed by atoms with van der Waals surface area (Å²) in [5.74, 6) is 1.76. The number of rotatable bonds is 11. The van der Waals surface area contributed by atoms with E-state index < -0.39 is 0 Å². The summed E-state index contributed by atoms with van der Waals surface area (Å²) in [4.78, 5) is 9.74. The van der Waals surface area contributed by atoms with Crippen LogP contribution in [-0.4, -0.2) is 88.4 Å². The van der Waals surface area contributed by atoms with E-state index in [1.807, 2.05) is 0 Å². The predicted octanol–water partition coefficient (Wildman–Crippen LogP) is 2.72. The van der Waals surface area contributed by atoms with Crippen LogP contribution >= 0.6 is 24.0 Å². The first-order chi connectivity index (χ1) is 14.5. The van der Waals surface area contributed by atoms with E-state index in [9.17, 15) is 0 Å². The number of hydrogen-bond donors (Lipinski definition) is 2. The molecular weight excluding hydrogens is 505 g/mol. The van der Waals surface area contributed by atoms with Crippen molar-refractivity contribution >= 4 is 29.9 Å². The Labute approximate surface area is 206 Å². The van der Waals surface area contributed by atoms with E-state index in [2.05, 4.69) is 66.5 Å². The molecule has 1 aliphatic heterocycles. The highest BCUT2D eigenvalue weighted by atomic mass is 127. The first-order valence-corrected chi connectivity index (χ1v) is 11.2. The van der Waals surface area contributed by atoms with Gasteiger partial charge in [0.15, 0.2) is 5.96 Å². The molecule has 8 heteroatoms. The summed E-state index contributed by atoms with van der Waals surface area (Å²) >= 11 is 0. The van der Waals surface area contributed by atoms with Gasteiger partial charge in [0.05, 0.1) is 13.2 Å². The molecule has 0 bridgehead atoms. The Hall–Kier alpha value is -1.10. The molecule has 0 aromatic heterocycles. The lowest BCUT2D eigenvalue weighted by Crippen LogP contribution is -2.52. The minimum Gasteiger partial charge on any atom is -0.493 e. The maximum atomic E-state index is 6.00. The second kappa shape index (κ2) is 15.7. The van der Waals surface area contributed by atoms with Crippen LogP contribution in [0.5, 0.6) is 5.75 Å². The van der Waals surface area contributed by atoms with Gasteiger partial charge in [-0.3, -0.25) is 4.90 Å². The molecule has 1 heterocycles. The number of halogens is 1. The van der Waals surface area contributed by atoms with Crippen LogP contribution in [0.2, 0.25) is 0 Å². The summed E-state index contributed by atoms with van der Waals surface area (Å²) in [5, 5.41) is 6.88. The molecule has 1 fully saturated rings. The van der Waals surface area contributed by atoms with E-state index in [0.717, 1.165) is 63.0 Å². The number of guanidine groups is 1. The summed E-state index contributed by atoms with van der Waals surface area (Å²) in [5.41, 5.74) is 2.29. The van der Waals surface area contributed by atoms with E-state index in [0.29, 0.717) is 25.8 Å². The molecule has 1 saturated heterocycles. The zero-order valence-corrected chi connectivity index (χ0v) is 22.3. The zero-order chi connectivity index (χ0) is 21.8. The van der Waals surface area contributed by atoms with E-state index in [-0.39, 0.29) is 24.0 Å². The van der Waals surface area contributed by atoms with Crippen LogP contribution in [0.15, 0.2) is 23.2 Å². The van der Waals surface area contributed by atoms with Crippen molar-refractivity contribution in [3.8, 4) is 5.75 Å². The van der Waals surface area contributed by atoms with E-state index in [4.69, 9.17) is 14.5 Å². The van der Waals surface area contributed by atoms with Gasteiger partial charge in [0.2, 0.25) is 0 Å². The summed E-state index contributed by atoms with van der Waals surface area (Å²) < 4.78 is 11.1. The monoisotopic (exact) mass is 547 g/mol. The molecule has 0 aliphatic carbocycles. The molecule has 0 spiro atoms. The lowest BCUT2D eigenvalue weighted by Gasteiger charge is -2.36. The summed E-state index contributed by atoms with van der Waals surface area (Å²) in [6.45, 7) is 14.6. The summed E-state index contributed by atoms with van der Waals surface area (Å²) in [7, 11) is 3.91. The Bertz CT molecular complexity index is 651. The highest BCUT2D eigenvalue weighted by Gasteiger charge is 2.19. The van der Waals surface area contributed by atoms with Crippen LogP contribution in [0.4, 0.5) is 0 Å². The summed E-state index contributed by atoms with van der Waals surface area (Å²) in [6, 6.07) is 6.79. The number of aliphatic imine (C=N–C) groups is 1. The molecule has 0 saturated carbocycles. The van der Waals surface area contributed by atoms with Gasteiger partial charge in [-0.25, -0.2) is 4.99 Å². The molecule has 1 aliphatic rings. The van der Waals surface area contributed by atoms with Gasteiger partial charge in [0.25, 0.3) is 0 Å². The summed E-state index contributed by atoms with van der Waals surface area (Å²) in [6.07, 6.45) is 0.877. The van der Waals surface area contributed by atoms with Gasteiger partial charge in [-0.15, -0.1) is 24.0 Å². The Morgan fingerprint density at radius 3 is 2.58 bits per heavy atom. The molecular formula is C23H42IN5O2. The van der Waals surface area contributed by atoms with Crippen molar-refractivity contribution in [3.63, 3.8) is 0 Å². The zero-order valence-electron chi connectivity index (χ0n) is 19.9. The van der Waals surface area contributed by atoms with E-state index >= 15 is 0 Å². The molecule has 1 aromatic rings. The Morgan fingerprint density at radius 1 is 1.16 bits per heavy atom. The van der Waals surface area contributed by atoms with Crippen LogP contribution in [0.1, 0.15) is 31.4 Å². The van der Waals surface area contributed by atoms with Crippen molar-refractivity contribution < 1.29 is 9.47 Å². The van der Waals surface area contributed by atoms with Gasteiger partial charge in [0.1, 0.15) is 5.75 Å². The number of methoxy groups -OCH3 is 1. The van der Waals surface area contributed by atoms with Gasteiger partial charge < -0.3 is 25.0 Å². The number of nitrogens with one attached hydrogen (secondary N) is 2. The predicted molar refractivity (Wildman–Crippen MR) is 140 cm³/mol. The second-order valence-electron chi connectivity index (χ2n) is 8.07. The SMILES string of the molecule is CCNC(=NCc1ccc(C)cc1OCCCOC)NCC(C)N1CCN(C)CC1.I. The smallest absolute Gasteiger partial charge is 0.191 e. The molecule has 2 rings (SSSR count). The van der Waals surface area contributed by atoms with Gasteiger partial charge >= 0.3 is 0 Å². The van der Waals surface area contributed by atoms with Gasteiger partial charge in [0, 0.05) is 71.0 Å². The fraction of sp³-hybridized carbons (Fsp3) is 0.696. The molecule has 2 N–H and O–H groups in total. The number of aryl methyl sites for hydroxylation is 1. The third-order valence-electron chi connectivity index (χ3n) is 5.45. The standard InChI is InChI=1S/C23H41N5O2.HI/c1-6-24-23(25-17-20(3)28-12-10-27(4)11-13-28)26-18-21-9-8-19(2)16-22(21)30-15-7-14-29-5;/h8-9,16,20H,6-7,10-15,17-18H2,1-5H3,(H2,24,25,26);1H. The fourth-order valence-corrected chi connectivity index (χ4v) is 3.45. The van der Waals surface area contributed by atoms with Gasteiger partial charge in [-0.2, -0.15) is 0 Å². The van der Waals surface area contributed by atoms with Crippen molar-refractivity contribution in [1.29, 1.82) is 0 Å². The molecule has 1 atom stereocenters. The average Bonchev–Trinajstić information content (AvgIpc) is 2.74. The van der Waals surface area contributed by atoms with Crippen molar-refractivity contribution in [2.75, 3.05) is 66.6 Å². The number of piperazine rings is 1. The minimum absolute atomic E-state index is 0. The number of hydrogen-bond acceptors (Lipinski definition) is 5. The normalized spacial score (nSPS) is 16.5. The van der Waals surface area contributed by atoms with Crippen LogP contribution in [0.3, 0.4) is 0 Å². The minimum atomic E-state index is 0. The van der Waals surface area contributed by atoms with Crippen molar-refractivity contribution in [3.05, 3.63) is 29.3 Å². The number of likely N-dealkylation sites (N-methyl/N-ethyl adjacent to an activating group) is 1. The highest BCUT2D eigenvalue weighted by Crippen LogP contribution is 2.21. The van der Waals surface area contributed by atoms with E-state index in [1.165, 1.54) is 5.56 Å². The lowest BCUT2D eigenvalue weighted by molar-refractivity contribution is 0.120. The van der Waals surface area contributed by atoms with Crippen LogP contribution in [0.25, 0.3) is 0 Å². The van der Waals surface area contributed by atoms with Crippen molar-refractivity contribution in [1.82, 2.24) is 20.4 Å². The first kappa shape index (κ1) is 27.9. The van der Waals surface area contributed by atoms with Crippen LogP contribution in [-0.2, 0) is 11.3 Å². The van der Waals surface area contributed by atoms with Crippen molar-refractivity contribution in [2.45, 2.75) is 39.8 Å². The van der Waals surface area contributed by atoms with Crippen LogP contribution < -0.4 is 15.4 Å². The third-order valence-corrected chi connectivity index (χ3v) is 5.45. The molecule has 1 unspecified atom stereocenters. The maximum absolute atomic E-state index is 6.00. The number of ether oxygens (including phenoxy) is 2. The number of nitrogens with zero attached hydrogens (tertiary/aromatic N) is 3. The Kier molecular flexibility index (Phi) is 14.1. The molecule has 1 aromatic carbocycles. The largest absolute Gasteiger partial charge is 0.493 e. The fourth-order valence-electron chi connectivity index (χ4n) is 3.45. The molecule has 0 amide bonds. The molecule has 31 heavy (non-hydrogen) atoms.